The molecule has 7 heteroatoms. The first-order chi connectivity index (χ1) is 11.9. The third-order valence-corrected chi connectivity index (χ3v) is 4.82. The Labute approximate surface area is 155 Å². The van der Waals surface area contributed by atoms with Gasteiger partial charge in [-0.2, -0.15) is 0 Å². The molecule has 130 valence electrons. The Bertz CT molecular complexity index is 808. The Hall–Kier alpha value is -2.24. The minimum Gasteiger partial charge on any atom is -0.333 e. The maximum absolute atomic E-state index is 12.2. The van der Waals surface area contributed by atoms with Crippen molar-refractivity contribution in [2.24, 2.45) is 0 Å². The number of amides is 3. The number of carbonyl (C=O) groups is 2. The number of carbonyl (C=O) groups excluding carboxylic acids is 2. The number of nitrogens with zero attached hydrogens (tertiary/aromatic N) is 1. The monoisotopic (exact) mass is 377 g/mol. The standard InChI is InChI=1S/C18H17Cl2N3O2/c1-11-5-7-13(8-6-11)23-10-12(9-16(23)24)21-18(25)22-15-4-2-3-14(19)17(15)20/h2-8,12H,9-10H2,1H3,(H2,21,22,25). The second-order valence-electron chi connectivity index (χ2n) is 5.94. The average Bonchev–Trinajstić information content (AvgIpc) is 2.93. The number of nitrogens with one attached hydrogen (secondary N) is 2. The summed E-state index contributed by atoms with van der Waals surface area (Å²) >= 11 is 12.0. The van der Waals surface area contributed by atoms with Gasteiger partial charge in [0.05, 0.1) is 21.8 Å². The van der Waals surface area contributed by atoms with Crippen LogP contribution < -0.4 is 15.5 Å². The molecule has 2 N–H and O–H groups in total. The molecule has 1 heterocycles. The number of anilines is 2. The SMILES string of the molecule is Cc1ccc(N2CC(NC(=O)Nc3cccc(Cl)c3Cl)CC2=O)cc1. The summed E-state index contributed by atoms with van der Waals surface area (Å²) in [6.45, 7) is 2.42. The van der Waals surface area contributed by atoms with Gasteiger partial charge in [-0.1, -0.05) is 47.0 Å². The largest absolute Gasteiger partial charge is 0.333 e. The van der Waals surface area contributed by atoms with E-state index in [1.54, 1.807) is 23.1 Å². The molecule has 0 saturated carbocycles. The van der Waals surface area contributed by atoms with Crippen molar-refractivity contribution in [2.45, 2.75) is 19.4 Å². The second-order valence-corrected chi connectivity index (χ2v) is 6.73. The smallest absolute Gasteiger partial charge is 0.319 e. The predicted octanol–water partition coefficient (Wildman–Crippen LogP) is 4.23. The number of halogens is 2. The molecule has 1 aliphatic heterocycles. The van der Waals surface area contributed by atoms with Crippen LogP contribution in [0.25, 0.3) is 0 Å². The number of hydrogen-bond donors (Lipinski definition) is 2. The van der Waals surface area contributed by atoms with Gasteiger partial charge in [0.2, 0.25) is 5.91 Å². The summed E-state index contributed by atoms with van der Waals surface area (Å²) in [6, 6.07) is 12.0. The van der Waals surface area contributed by atoms with E-state index in [4.69, 9.17) is 23.2 Å². The van der Waals surface area contributed by atoms with Gasteiger partial charge in [0.15, 0.2) is 0 Å². The highest BCUT2D eigenvalue weighted by Crippen LogP contribution is 2.29. The summed E-state index contributed by atoms with van der Waals surface area (Å²) in [7, 11) is 0. The van der Waals surface area contributed by atoms with Gasteiger partial charge in [0.25, 0.3) is 0 Å². The third kappa shape index (κ3) is 4.06. The molecule has 1 aliphatic rings. The molecule has 5 nitrogen and oxygen atoms in total. The van der Waals surface area contributed by atoms with Crippen molar-refractivity contribution >= 4 is 46.5 Å². The van der Waals surface area contributed by atoms with Gasteiger partial charge in [-0.3, -0.25) is 4.79 Å². The molecule has 1 atom stereocenters. The molecule has 25 heavy (non-hydrogen) atoms. The molecular weight excluding hydrogens is 361 g/mol. The lowest BCUT2D eigenvalue weighted by atomic mass is 10.2. The molecule has 2 aromatic carbocycles. The normalized spacial score (nSPS) is 16.8. The number of urea groups is 1. The highest BCUT2D eigenvalue weighted by molar-refractivity contribution is 6.43. The van der Waals surface area contributed by atoms with Crippen LogP contribution >= 0.6 is 23.2 Å². The van der Waals surface area contributed by atoms with Gasteiger partial charge in [0, 0.05) is 18.7 Å². The van der Waals surface area contributed by atoms with Crippen LogP contribution in [0.4, 0.5) is 16.2 Å². The van der Waals surface area contributed by atoms with E-state index < -0.39 is 6.03 Å². The molecule has 1 fully saturated rings. The number of hydrogen-bond acceptors (Lipinski definition) is 2. The van der Waals surface area contributed by atoms with E-state index in [1.807, 2.05) is 31.2 Å². The predicted molar refractivity (Wildman–Crippen MR) is 101 cm³/mol. The van der Waals surface area contributed by atoms with E-state index in [0.29, 0.717) is 17.3 Å². The van der Waals surface area contributed by atoms with Gasteiger partial charge >= 0.3 is 6.03 Å². The van der Waals surface area contributed by atoms with Crippen LogP contribution in [0.1, 0.15) is 12.0 Å². The van der Waals surface area contributed by atoms with E-state index in [2.05, 4.69) is 10.6 Å². The van der Waals surface area contributed by atoms with Crippen LogP contribution in [0, 0.1) is 6.92 Å². The van der Waals surface area contributed by atoms with Crippen LogP contribution in [-0.4, -0.2) is 24.5 Å². The van der Waals surface area contributed by atoms with Crippen molar-refractivity contribution in [2.75, 3.05) is 16.8 Å². The molecule has 0 aromatic heterocycles. The first kappa shape index (κ1) is 17.6. The van der Waals surface area contributed by atoms with Gasteiger partial charge in [-0.15, -0.1) is 0 Å². The Morgan fingerprint density at radius 3 is 2.60 bits per heavy atom. The van der Waals surface area contributed by atoms with Crippen LogP contribution in [0.2, 0.25) is 10.0 Å². The van der Waals surface area contributed by atoms with Crippen LogP contribution in [0.15, 0.2) is 42.5 Å². The van der Waals surface area contributed by atoms with E-state index >= 15 is 0 Å². The second kappa shape index (κ2) is 7.33. The van der Waals surface area contributed by atoms with Crippen molar-refractivity contribution in [1.82, 2.24) is 5.32 Å². The quantitative estimate of drug-likeness (QED) is 0.840. The molecule has 2 aromatic rings. The van der Waals surface area contributed by atoms with Gasteiger partial charge in [-0.05, 0) is 31.2 Å². The highest BCUT2D eigenvalue weighted by atomic mass is 35.5. The zero-order valence-electron chi connectivity index (χ0n) is 13.6. The topological polar surface area (TPSA) is 61.4 Å². The Balaban J connectivity index is 1.62. The summed E-state index contributed by atoms with van der Waals surface area (Å²) in [6.07, 6.45) is 0.255. The fourth-order valence-electron chi connectivity index (χ4n) is 2.72. The first-order valence-corrected chi connectivity index (χ1v) is 8.58. The van der Waals surface area contributed by atoms with Crippen molar-refractivity contribution in [3.63, 3.8) is 0 Å². The molecule has 3 rings (SSSR count). The lowest BCUT2D eigenvalue weighted by Crippen LogP contribution is -2.39. The number of rotatable bonds is 3. The maximum atomic E-state index is 12.2. The minimum absolute atomic E-state index is 0.0186. The molecule has 3 amide bonds. The van der Waals surface area contributed by atoms with Gasteiger partial charge < -0.3 is 15.5 Å². The lowest BCUT2D eigenvalue weighted by molar-refractivity contribution is -0.117. The minimum atomic E-state index is -0.423. The Morgan fingerprint density at radius 1 is 1.16 bits per heavy atom. The molecule has 1 saturated heterocycles. The van der Waals surface area contributed by atoms with Crippen LogP contribution in [0.3, 0.4) is 0 Å². The van der Waals surface area contributed by atoms with E-state index in [-0.39, 0.29) is 23.4 Å². The molecular formula is C18H17Cl2N3O2. The molecule has 0 aliphatic carbocycles. The van der Waals surface area contributed by atoms with Crippen molar-refractivity contribution in [3.8, 4) is 0 Å². The van der Waals surface area contributed by atoms with Gasteiger partial charge in [0.1, 0.15) is 0 Å². The number of benzene rings is 2. The highest BCUT2D eigenvalue weighted by Gasteiger charge is 2.31. The molecule has 0 radical (unpaired) electrons. The van der Waals surface area contributed by atoms with Crippen LogP contribution in [0.5, 0.6) is 0 Å². The van der Waals surface area contributed by atoms with E-state index in [9.17, 15) is 9.59 Å². The lowest BCUT2D eigenvalue weighted by Gasteiger charge is -2.18. The van der Waals surface area contributed by atoms with E-state index in [0.717, 1.165) is 11.3 Å². The fourth-order valence-corrected chi connectivity index (χ4v) is 3.07. The van der Waals surface area contributed by atoms with Crippen molar-refractivity contribution < 1.29 is 9.59 Å². The Morgan fingerprint density at radius 2 is 1.88 bits per heavy atom. The first-order valence-electron chi connectivity index (χ1n) is 7.82. The zero-order valence-corrected chi connectivity index (χ0v) is 15.1. The molecule has 1 unspecified atom stereocenters. The Kier molecular flexibility index (Phi) is 5.16. The summed E-state index contributed by atoms with van der Waals surface area (Å²) in [4.78, 5) is 26.1. The maximum Gasteiger partial charge on any atom is 0.319 e. The summed E-state index contributed by atoms with van der Waals surface area (Å²) in [5, 5.41) is 6.10. The number of aryl methyl sites for hydroxylation is 1. The van der Waals surface area contributed by atoms with Gasteiger partial charge in [-0.25, -0.2) is 4.79 Å². The third-order valence-electron chi connectivity index (χ3n) is 4.01. The summed E-state index contributed by atoms with van der Waals surface area (Å²) < 4.78 is 0. The van der Waals surface area contributed by atoms with Crippen molar-refractivity contribution in [3.05, 3.63) is 58.1 Å². The molecule has 0 spiro atoms. The summed E-state index contributed by atoms with van der Waals surface area (Å²) in [5.41, 5.74) is 2.38. The fraction of sp³-hybridized carbons (Fsp3) is 0.222. The average molecular weight is 378 g/mol. The van der Waals surface area contributed by atoms with E-state index in [1.165, 1.54) is 0 Å². The zero-order chi connectivity index (χ0) is 18.0. The van der Waals surface area contributed by atoms with Crippen molar-refractivity contribution in [1.29, 1.82) is 0 Å². The van der Waals surface area contributed by atoms with Crippen LogP contribution in [-0.2, 0) is 4.79 Å². The summed E-state index contributed by atoms with van der Waals surface area (Å²) in [5.74, 6) is -0.0186. The molecule has 0 bridgehead atoms.